The van der Waals surface area contributed by atoms with Crippen molar-refractivity contribution in [3.05, 3.63) is 59.7 Å². The number of hydrogen-bond donors (Lipinski definition) is 1. The number of halogens is 2. The summed E-state index contributed by atoms with van der Waals surface area (Å²) in [4.78, 5) is 26.5. The van der Waals surface area contributed by atoms with Gasteiger partial charge in [-0.15, -0.1) is 0 Å². The molecule has 0 atom stereocenters. The van der Waals surface area contributed by atoms with Crippen LogP contribution in [0.25, 0.3) is 0 Å². The van der Waals surface area contributed by atoms with Gasteiger partial charge < -0.3 is 10.2 Å². The van der Waals surface area contributed by atoms with Crippen molar-refractivity contribution in [2.45, 2.75) is 37.5 Å². The van der Waals surface area contributed by atoms with Gasteiger partial charge in [-0.05, 0) is 50.1 Å². The van der Waals surface area contributed by atoms with Crippen LogP contribution in [0.2, 0.25) is 0 Å². The van der Waals surface area contributed by atoms with Crippen LogP contribution in [0.4, 0.5) is 14.5 Å². The molecule has 1 saturated heterocycles. The van der Waals surface area contributed by atoms with Crippen molar-refractivity contribution >= 4 is 27.5 Å². The van der Waals surface area contributed by atoms with E-state index in [1.807, 2.05) is 0 Å². The fraction of sp³-hybridized carbons (Fsp3) is 0.391. The number of nitrogens with one attached hydrogen (secondary N) is 1. The molecule has 10 heteroatoms. The summed E-state index contributed by atoms with van der Waals surface area (Å²) in [5, 5.41) is 2.15. The summed E-state index contributed by atoms with van der Waals surface area (Å²) >= 11 is 0. The van der Waals surface area contributed by atoms with Crippen LogP contribution in [-0.2, 0) is 14.8 Å². The van der Waals surface area contributed by atoms with Crippen molar-refractivity contribution < 1.29 is 26.8 Å². The summed E-state index contributed by atoms with van der Waals surface area (Å²) in [7, 11) is -3.75. The van der Waals surface area contributed by atoms with Crippen LogP contribution in [0.3, 0.4) is 0 Å². The average molecular weight is 480 g/mol. The minimum absolute atomic E-state index is 0.0178. The average Bonchev–Trinajstić information content (AvgIpc) is 3.10. The van der Waals surface area contributed by atoms with Crippen molar-refractivity contribution in [2.24, 2.45) is 0 Å². The molecule has 0 aromatic heterocycles. The number of anilines is 1. The van der Waals surface area contributed by atoms with Gasteiger partial charge in [-0.1, -0.05) is 25.0 Å². The van der Waals surface area contributed by atoms with E-state index in [9.17, 15) is 26.8 Å². The summed E-state index contributed by atoms with van der Waals surface area (Å²) in [6.45, 7) is 2.21. The number of carbonyl (C=O) groups is 2. The maximum absolute atomic E-state index is 13.8. The smallest absolute Gasteiger partial charge is 0.254 e. The van der Waals surface area contributed by atoms with Crippen molar-refractivity contribution in [3.63, 3.8) is 0 Å². The van der Waals surface area contributed by atoms with E-state index in [1.165, 1.54) is 39.5 Å². The lowest BCUT2D eigenvalue weighted by Crippen LogP contribution is -2.38. The molecule has 1 aliphatic heterocycles. The standard InChI is InChI=1S/C23H27F2N3O4S/c1-2-27(16-21(29)26-22-19(24)11-8-12-20(22)25)23(30)17-9-7-10-18(15-17)33(31,32)28-13-5-3-4-6-14-28/h7-12,15H,2-6,13-14,16H2,1H3,(H,26,29). The molecular formula is C23H27F2N3O4S. The van der Waals surface area contributed by atoms with Crippen molar-refractivity contribution in [1.82, 2.24) is 9.21 Å². The van der Waals surface area contributed by atoms with E-state index in [0.717, 1.165) is 37.8 Å². The Hall–Kier alpha value is -2.85. The minimum Gasteiger partial charge on any atom is -0.330 e. The largest absolute Gasteiger partial charge is 0.330 e. The van der Waals surface area contributed by atoms with E-state index in [4.69, 9.17) is 0 Å². The lowest BCUT2D eigenvalue weighted by Gasteiger charge is -2.22. The number of hydrogen-bond acceptors (Lipinski definition) is 4. The fourth-order valence-corrected chi connectivity index (χ4v) is 5.26. The number of rotatable bonds is 7. The van der Waals surface area contributed by atoms with Gasteiger partial charge in [0, 0.05) is 25.2 Å². The van der Waals surface area contributed by atoms with Gasteiger partial charge in [-0.2, -0.15) is 4.31 Å². The highest BCUT2D eigenvalue weighted by atomic mass is 32.2. The molecule has 1 heterocycles. The number of para-hydroxylation sites is 1. The highest BCUT2D eigenvalue weighted by molar-refractivity contribution is 7.89. The van der Waals surface area contributed by atoms with Crippen LogP contribution in [0.1, 0.15) is 43.0 Å². The van der Waals surface area contributed by atoms with Crippen LogP contribution >= 0.6 is 0 Å². The van der Waals surface area contributed by atoms with E-state index >= 15 is 0 Å². The van der Waals surface area contributed by atoms with Crippen molar-refractivity contribution in [3.8, 4) is 0 Å². The molecule has 2 amide bonds. The molecule has 7 nitrogen and oxygen atoms in total. The second kappa shape index (κ2) is 10.8. The predicted molar refractivity (Wildman–Crippen MR) is 120 cm³/mol. The third-order valence-electron chi connectivity index (χ3n) is 5.51. The first-order chi connectivity index (χ1) is 15.7. The summed E-state index contributed by atoms with van der Waals surface area (Å²) in [6, 6.07) is 8.91. The molecule has 0 aliphatic carbocycles. The summed E-state index contributed by atoms with van der Waals surface area (Å²) in [6.07, 6.45) is 3.54. The molecule has 3 rings (SSSR count). The van der Waals surface area contributed by atoms with E-state index in [1.54, 1.807) is 6.92 Å². The van der Waals surface area contributed by atoms with Crippen molar-refractivity contribution in [2.75, 3.05) is 31.5 Å². The first kappa shape index (κ1) is 24.8. The molecule has 0 bridgehead atoms. The lowest BCUT2D eigenvalue weighted by atomic mass is 10.2. The Labute approximate surface area is 192 Å². The van der Waals surface area contributed by atoms with Crippen LogP contribution < -0.4 is 5.32 Å². The highest BCUT2D eigenvalue weighted by Crippen LogP contribution is 2.22. The van der Waals surface area contributed by atoms with Crippen LogP contribution in [-0.4, -0.2) is 55.6 Å². The number of benzene rings is 2. The summed E-state index contributed by atoms with van der Waals surface area (Å²) in [5.74, 6) is -3.19. The molecule has 0 saturated carbocycles. The number of amides is 2. The van der Waals surface area contributed by atoms with Gasteiger partial charge in [0.05, 0.1) is 4.90 Å². The van der Waals surface area contributed by atoms with Gasteiger partial charge in [-0.25, -0.2) is 17.2 Å². The summed E-state index contributed by atoms with van der Waals surface area (Å²) < 4.78 is 55.2. The Bertz CT molecular complexity index is 1100. The number of carbonyl (C=O) groups excluding carboxylic acids is 2. The Balaban J connectivity index is 1.75. The van der Waals surface area contributed by atoms with Crippen LogP contribution in [0.5, 0.6) is 0 Å². The minimum atomic E-state index is -3.75. The molecule has 0 radical (unpaired) electrons. The van der Waals surface area contributed by atoms with Crippen molar-refractivity contribution in [1.29, 1.82) is 0 Å². The normalized spacial score (nSPS) is 15.0. The maximum Gasteiger partial charge on any atom is 0.254 e. The SMILES string of the molecule is CCN(CC(=O)Nc1c(F)cccc1F)C(=O)c1cccc(S(=O)(=O)N2CCCCCC2)c1. The van der Waals surface area contributed by atoms with Gasteiger partial charge >= 0.3 is 0 Å². The van der Waals surface area contributed by atoms with E-state index < -0.39 is 45.7 Å². The molecule has 2 aromatic rings. The number of likely N-dealkylation sites (N-methyl/N-ethyl adjacent to an activating group) is 1. The molecule has 1 N–H and O–H groups in total. The molecule has 0 spiro atoms. The highest BCUT2D eigenvalue weighted by Gasteiger charge is 2.27. The first-order valence-electron chi connectivity index (χ1n) is 10.9. The molecule has 1 aliphatic rings. The van der Waals surface area contributed by atoms with Gasteiger partial charge in [0.2, 0.25) is 15.9 Å². The Morgan fingerprint density at radius 1 is 1.00 bits per heavy atom. The third kappa shape index (κ3) is 5.94. The zero-order valence-electron chi connectivity index (χ0n) is 18.4. The zero-order valence-corrected chi connectivity index (χ0v) is 19.2. The lowest BCUT2D eigenvalue weighted by molar-refractivity contribution is -0.116. The second-order valence-electron chi connectivity index (χ2n) is 7.81. The maximum atomic E-state index is 13.8. The molecule has 33 heavy (non-hydrogen) atoms. The molecule has 1 fully saturated rings. The van der Waals surface area contributed by atoms with E-state index in [0.29, 0.717) is 13.1 Å². The fourth-order valence-electron chi connectivity index (χ4n) is 3.70. The van der Waals surface area contributed by atoms with Gasteiger partial charge in [-0.3, -0.25) is 9.59 Å². The van der Waals surface area contributed by atoms with Gasteiger partial charge in [0.15, 0.2) is 0 Å². The quantitative estimate of drug-likeness (QED) is 0.657. The van der Waals surface area contributed by atoms with E-state index in [2.05, 4.69) is 5.32 Å². The van der Waals surface area contributed by atoms with Crippen LogP contribution in [0.15, 0.2) is 47.4 Å². The summed E-state index contributed by atoms with van der Waals surface area (Å²) in [5.41, 5.74) is -0.478. The number of sulfonamides is 1. The van der Waals surface area contributed by atoms with E-state index in [-0.39, 0.29) is 17.0 Å². The third-order valence-corrected chi connectivity index (χ3v) is 7.41. The molecule has 0 unspecified atom stereocenters. The topological polar surface area (TPSA) is 86.8 Å². The first-order valence-corrected chi connectivity index (χ1v) is 12.3. The molecular weight excluding hydrogens is 452 g/mol. The molecule has 178 valence electrons. The van der Waals surface area contributed by atoms with Crippen LogP contribution in [0, 0.1) is 11.6 Å². The Morgan fingerprint density at radius 2 is 1.61 bits per heavy atom. The second-order valence-corrected chi connectivity index (χ2v) is 9.75. The van der Waals surface area contributed by atoms with Gasteiger partial charge in [0.25, 0.3) is 5.91 Å². The Morgan fingerprint density at radius 3 is 2.21 bits per heavy atom. The predicted octanol–water partition coefficient (Wildman–Crippen LogP) is 3.63. The monoisotopic (exact) mass is 479 g/mol. The van der Waals surface area contributed by atoms with Gasteiger partial charge in [0.1, 0.15) is 23.9 Å². The Kier molecular flexibility index (Phi) is 8.15. The zero-order chi connectivity index (χ0) is 24.0. The number of nitrogens with zero attached hydrogens (tertiary/aromatic N) is 2. The molecule has 2 aromatic carbocycles.